The molecule has 0 amide bonds. The van der Waals surface area contributed by atoms with Crippen molar-refractivity contribution in [2.24, 2.45) is 17.9 Å². The largest absolute Gasteiger partial charge is 0.502 e. The number of hydrogen-bond donors (Lipinski definition) is 3. The minimum atomic E-state index is 0.0827. The van der Waals surface area contributed by atoms with Crippen LogP contribution in [0.5, 0.6) is 5.75 Å². The van der Waals surface area contributed by atoms with E-state index in [9.17, 15) is 5.11 Å². The van der Waals surface area contributed by atoms with E-state index in [2.05, 4.69) is 22.7 Å². The summed E-state index contributed by atoms with van der Waals surface area (Å²) < 4.78 is 1.72. The normalized spacial score (nSPS) is 10.4. The molecule has 0 fully saturated rings. The number of thiocarbonyl (C=S) groups is 1. The highest BCUT2D eigenvalue weighted by Gasteiger charge is 2.08. The van der Waals surface area contributed by atoms with E-state index in [1.807, 2.05) is 0 Å². The van der Waals surface area contributed by atoms with Crippen molar-refractivity contribution >= 4 is 23.5 Å². The quantitative estimate of drug-likeness (QED) is 0.264. The van der Waals surface area contributed by atoms with Gasteiger partial charge in [-0.05, 0) is 18.3 Å². The number of hydrazone groups is 1. The Morgan fingerprint density at radius 3 is 3.07 bits per heavy atom. The van der Waals surface area contributed by atoms with E-state index in [-0.39, 0.29) is 10.9 Å². The Hall–Kier alpha value is -1.69. The monoisotopic (exact) mass is 211 g/mol. The number of rotatable bonds is 2. The highest BCUT2D eigenvalue weighted by molar-refractivity contribution is 7.80. The second kappa shape index (κ2) is 4.52. The summed E-state index contributed by atoms with van der Waals surface area (Å²) in [5.41, 5.74) is 8.14. The van der Waals surface area contributed by atoms with Crippen LogP contribution in [-0.2, 0) is 7.05 Å². The van der Waals surface area contributed by atoms with E-state index < -0.39 is 0 Å². The summed E-state index contributed by atoms with van der Waals surface area (Å²) in [5.74, 6) is 0.142. The molecule has 4 N–H and O–H groups in total. The fraction of sp³-hybridized carbons (Fsp3) is 0.125. The molecular formula is C8H11N4OS+. The van der Waals surface area contributed by atoms with Crippen molar-refractivity contribution in [3.05, 3.63) is 24.0 Å². The van der Waals surface area contributed by atoms with Crippen LogP contribution in [0.25, 0.3) is 0 Å². The maximum atomic E-state index is 9.45. The smallest absolute Gasteiger partial charge is 0.267 e. The molecule has 0 aliphatic rings. The van der Waals surface area contributed by atoms with Crippen molar-refractivity contribution in [3.63, 3.8) is 0 Å². The van der Waals surface area contributed by atoms with Crippen LogP contribution in [0.3, 0.4) is 0 Å². The molecule has 0 unspecified atom stereocenters. The molecule has 14 heavy (non-hydrogen) atoms. The Morgan fingerprint density at radius 1 is 1.79 bits per heavy atom. The molecule has 0 atom stereocenters. The second-order valence-corrected chi connectivity index (χ2v) is 3.06. The Labute approximate surface area is 86.9 Å². The van der Waals surface area contributed by atoms with Crippen molar-refractivity contribution in [1.29, 1.82) is 0 Å². The first kappa shape index (κ1) is 10.4. The molecule has 1 rings (SSSR count). The van der Waals surface area contributed by atoms with Crippen LogP contribution >= 0.6 is 12.2 Å². The van der Waals surface area contributed by atoms with Gasteiger partial charge in [0.2, 0.25) is 0 Å². The zero-order chi connectivity index (χ0) is 10.6. The average molecular weight is 211 g/mol. The fourth-order valence-corrected chi connectivity index (χ4v) is 0.977. The third kappa shape index (κ3) is 2.67. The first-order valence-electron chi connectivity index (χ1n) is 3.87. The van der Waals surface area contributed by atoms with Crippen LogP contribution in [-0.4, -0.2) is 16.4 Å². The summed E-state index contributed by atoms with van der Waals surface area (Å²) in [7, 11) is 1.79. The summed E-state index contributed by atoms with van der Waals surface area (Å²) in [6.07, 6.45) is 3.23. The van der Waals surface area contributed by atoms with Gasteiger partial charge in [-0.15, -0.1) is 0 Å². The number of pyridine rings is 1. The van der Waals surface area contributed by atoms with Crippen molar-refractivity contribution in [3.8, 4) is 5.75 Å². The number of nitrogens with one attached hydrogen (secondary N) is 1. The van der Waals surface area contributed by atoms with E-state index in [0.29, 0.717) is 5.69 Å². The maximum absolute atomic E-state index is 9.45. The van der Waals surface area contributed by atoms with Gasteiger partial charge in [0, 0.05) is 6.07 Å². The van der Waals surface area contributed by atoms with Gasteiger partial charge < -0.3 is 10.8 Å². The third-order valence-corrected chi connectivity index (χ3v) is 1.66. The lowest BCUT2D eigenvalue weighted by Gasteiger charge is -1.96. The lowest BCUT2D eigenvalue weighted by Crippen LogP contribution is -2.33. The highest BCUT2D eigenvalue weighted by atomic mass is 32.1. The molecular weight excluding hydrogens is 200 g/mol. The van der Waals surface area contributed by atoms with Crippen LogP contribution in [0.1, 0.15) is 5.69 Å². The molecule has 0 aliphatic carbocycles. The lowest BCUT2D eigenvalue weighted by atomic mass is 10.3. The Bertz CT molecular complexity index is 357. The Morgan fingerprint density at radius 2 is 2.50 bits per heavy atom. The van der Waals surface area contributed by atoms with Crippen LogP contribution in [0.4, 0.5) is 0 Å². The van der Waals surface area contributed by atoms with E-state index in [1.54, 1.807) is 29.9 Å². The van der Waals surface area contributed by atoms with Gasteiger partial charge in [-0.3, -0.25) is 5.43 Å². The summed E-state index contributed by atoms with van der Waals surface area (Å²) in [4.78, 5) is 0. The predicted molar refractivity (Wildman–Crippen MR) is 56.8 cm³/mol. The van der Waals surface area contributed by atoms with Gasteiger partial charge in [-0.25, -0.2) is 0 Å². The molecule has 0 spiro atoms. The molecule has 0 bridgehead atoms. The first-order chi connectivity index (χ1) is 6.61. The topological polar surface area (TPSA) is 74.5 Å². The predicted octanol–water partition coefficient (Wildman–Crippen LogP) is -0.616. The molecule has 0 saturated carbocycles. The van der Waals surface area contributed by atoms with Crippen LogP contribution < -0.4 is 15.7 Å². The first-order valence-corrected chi connectivity index (χ1v) is 4.28. The van der Waals surface area contributed by atoms with Crippen LogP contribution in [0, 0.1) is 0 Å². The average Bonchev–Trinajstić information content (AvgIpc) is 2.09. The van der Waals surface area contributed by atoms with Crippen LogP contribution in [0.15, 0.2) is 23.4 Å². The van der Waals surface area contributed by atoms with Crippen LogP contribution in [0.2, 0.25) is 0 Å². The zero-order valence-corrected chi connectivity index (χ0v) is 8.45. The van der Waals surface area contributed by atoms with Gasteiger partial charge in [0.05, 0.1) is 0 Å². The van der Waals surface area contributed by atoms with E-state index >= 15 is 0 Å². The van der Waals surface area contributed by atoms with Crippen molar-refractivity contribution in [2.75, 3.05) is 0 Å². The number of aromatic hydroxyl groups is 1. The van der Waals surface area contributed by atoms with Gasteiger partial charge in [0.25, 0.3) is 5.69 Å². The number of nitrogens with zero attached hydrogens (tertiary/aromatic N) is 2. The molecule has 0 aromatic carbocycles. The van der Waals surface area contributed by atoms with Crippen molar-refractivity contribution in [1.82, 2.24) is 5.43 Å². The Kier molecular flexibility index (Phi) is 3.35. The summed E-state index contributed by atoms with van der Waals surface area (Å²) in [6, 6.07) is 3.30. The third-order valence-electron chi connectivity index (χ3n) is 1.57. The molecule has 0 radical (unpaired) electrons. The van der Waals surface area contributed by atoms with Crippen molar-refractivity contribution in [2.45, 2.75) is 0 Å². The molecule has 1 aromatic heterocycles. The summed E-state index contributed by atoms with van der Waals surface area (Å²) in [6.45, 7) is 0. The number of nitrogens with two attached hydrogens (primary N) is 1. The minimum absolute atomic E-state index is 0.0827. The molecule has 6 heteroatoms. The van der Waals surface area contributed by atoms with E-state index in [4.69, 9.17) is 5.73 Å². The second-order valence-electron chi connectivity index (χ2n) is 2.62. The molecule has 1 aromatic rings. The van der Waals surface area contributed by atoms with Gasteiger partial charge in [-0.1, -0.05) is 0 Å². The maximum Gasteiger partial charge on any atom is 0.267 e. The zero-order valence-electron chi connectivity index (χ0n) is 7.64. The summed E-state index contributed by atoms with van der Waals surface area (Å²) in [5, 5.41) is 13.3. The van der Waals surface area contributed by atoms with Gasteiger partial charge >= 0.3 is 0 Å². The van der Waals surface area contributed by atoms with Gasteiger partial charge in [0.15, 0.2) is 17.1 Å². The molecule has 5 nitrogen and oxygen atoms in total. The summed E-state index contributed by atoms with van der Waals surface area (Å²) >= 11 is 4.56. The molecule has 1 heterocycles. The fourth-order valence-electron chi connectivity index (χ4n) is 0.924. The van der Waals surface area contributed by atoms with Crippen molar-refractivity contribution < 1.29 is 9.67 Å². The molecule has 74 valence electrons. The molecule has 0 saturated heterocycles. The SMILES string of the molecule is C[n+]1cccc(O)c1C=NNC(N)=S. The lowest BCUT2D eigenvalue weighted by molar-refractivity contribution is -0.672. The Balaban J connectivity index is 2.85. The van der Waals surface area contributed by atoms with Gasteiger partial charge in [0.1, 0.15) is 13.3 Å². The van der Waals surface area contributed by atoms with E-state index in [1.165, 1.54) is 6.21 Å². The molecule has 0 aliphatic heterocycles. The van der Waals surface area contributed by atoms with Gasteiger partial charge in [-0.2, -0.15) is 9.67 Å². The minimum Gasteiger partial charge on any atom is -0.502 e. The number of aromatic nitrogens is 1. The standard InChI is InChI=1S/C8H10N4OS/c1-12-4-2-3-7(13)6(12)5-10-11-8(9)14/h2-5H,1H3,(H3,9,13,14)/p+1. The van der Waals surface area contributed by atoms with E-state index in [0.717, 1.165) is 0 Å². The number of aryl methyl sites for hydroxylation is 1. The number of hydrogen-bond acceptors (Lipinski definition) is 3. The highest BCUT2D eigenvalue weighted by Crippen LogP contribution is 2.07.